The number of nitrogens with two attached hydrogens (primary N) is 1. The molecule has 1 heterocycles. The van der Waals surface area contributed by atoms with Crippen molar-refractivity contribution in [2.45, 2.75) is 6.92 Å². The van der Waals surface area contributed by atoms with E-state index in [1.807, 2.05) is 0 Å². The zero-order chi connectivity index (χ0) is 16.7. The molecule has 7 heteroatoms. The van der Waals surface area contributed by atoms with Crippen LogP contribution >= 0.6 is 11.6 Å². The summed E-state index contributed by atoms with van der Waals surface area (Å²) in [5, 5.41) is 0. The quantitative estimate of drug-likeness (QED) is 0.379. The zero-order valence-corrected chi connectivity index (χ0v) is 13.3. The molecule has 0 aliphatic carbocycles. The predicted molar refractivity (Wildman–Crippen MR) is 88.7 cm³/mol. The maximum atomic E-state index is 11.7. The van der Waals surface area contributed by atoms with Crippen molar-refractivity contribution in [3.8, 4) is 11.6 Å². The van der Waals surface area contributed by atoms with Gasteiger partial charge in [-0.3, -0.25) is 0 Å². The van der Waals surface area contributed by atoms with Crippen LogP contribution < -0.4 is 10.5 Å². The Kier molecular flexibility index (Phi) is 5.94. The molecule has 2 N–H and O–H groups in total. The Hall–Kier alpha value is -2.60. The van der Waals surface area contributed by atoms with Crippen LogP contribution in [0.25, 0.3) is 0 Å². The van der Waals surface area contributed by atoms with E-state index < -0.39 is 5.97 Å². The predicted octanol–water partition coefficient (Wildman–Crippen LogP) is 3.28. The SMILES string of the molecule is CCOC(=O)c1ccnc(Oc2ccc(N=C(N)CCl)cc2)c1. The Morgan fingerprint density at radius 2 is 2.04 bits per heavy atom. The maximum absolute atomic E-state index is 11.7. The summed E-state index contributed by atoms with van der Waals surface area (Å²) >= 11 is 5.58. The third kappa shape index (κ3) is 4.96. The van der Waals surface area contributed by atoms with Crippen molar-refractivity contribution in [1.82, 2.24) is 4.98 Å². The number of halogens is 1. The minimum absolute atomic E-state index is 0.169. The number of carbonyl (C=O) groups excluding carboxylic acids is 1. The van der Waals surface area contributed by atoms with Gasteiger partial charge in [0.2, 0.25) is 5.88 Å². The fraction of sp³-hybridized carbons (Fsp3) is 0.188. The highest BCUT2D eigenvalue weighted by Gasteiger charge is 2.08. The van der Waals surface area contributed by atoms with E-state index in [0.29, 0.717) is 35.3 Å². The number of esters is 1. The van der Waals surface area contributed by atoms with Crippen LogP contribution in [-0.4, -0.2) is 29.3 Å². The summed E-state index contributed by atoms with van der Waals surface area (Å²) < 4.78 is 10.5. The van der Waals surface area contributed by atoms with E-state index in [1.165, 1.54) is 12.3 Å². The van der Waals surface area contributed by atoms with Crippen molar-refractivity contribution in [2.75, 3.05) is 12.5 Å². The van der Waals surface area contributed by atoms with E-state index >= 15 is 0 Å². The van der Waals surface area contributed by atoms with Gasteiger partial charge >= 0.3 is 5.97 Å². The number of carbonyl (C=O) groups is 1. The summed E-state index contributed by atoms with van der Waals surface area (Å²) in [7, 11) is 0. The molecule has 0 radical (unpaired) electrons. The van der Waals surface area contributed by atoms with Crippen LogP contribution in [0.4, 0.5) is 5.69 Å². The fourth-order valence-corrected chi connectivity index (χ4v) is 1.77. The van der Waals surface area contributed by atoms with Crippen molar-refractivity contribution in [2.24, 2.45) is 10.7 Å². The van der Waals surface area contributed by atoms with E-state index in [1.54, 1.807) is 37.3 Å². The third-order valence-corrected chi connectivity index (χ3v) is 2.99. The Morgan fingerprint density at radius 3 is 2.70 bits per heavy atom. The summed E-state index contributed by atoms with van der Waals surface area (Å²) in [6, 6.07) is 10.0. The number of alkyl halides is 1. The smallest absolute Gasteiger partial charge is 0.338 e. The average molecular weight is 334 g/mol. The van der Waals surface area contributed by atoms with Gasteiger partial charge < -0.3 is 15.2 Å². The number of hydrogen-bond acceptors (Lipinski definition) is 5. The van der Waals surface area contributed by atoms with Crippen LogP contribution in [0.15, 0.2) is 47.6 Å². The molecule has 23 heavy (non-hydrogen) atoms. The molecule has 0 bridgehead atoms. The first-order chi connectivity index (χ1) is 11.1. The second-order valence-electron chi connectivity index (χ2n) is 4.44. The Balaban J connectivity index is 2.10. The lowest BCUT2D eigenvalue weighted by atomic mass is 10.2. The molecule has 0 amide bonds. The van der Waals surface area contributed by atoms with Gasteiger partial charge in [0.15, 0.2) is 0 Å². The van der Waals surface area contributed by atoms with E-state index in [2.05, 4.69) is 9.98 Å². The summed E-state index contributed by atoms with van der Waals surface area (Å²) in [6.07, 6.45) is 1.49. The second-order valence-corrected chi connectivity index (χ2v) is 4.70. The first kappa shape index (κ1) is 16.8. The summed E-state index contributed by atoms with van der Waals surface area (Å²) in [6.45, 7) is 2.06. The molecule has 0 aliphatic heterocycles. The van der Waals surface area contributed by atoms with Crippen LogP contribution in [-0.2, 0) is 4.74 Å². The number of ether oxygens (including phenoxy) is 2. The van der Waals surface area contributed by atoms with Gasteiger partial charge in [-0.25, -0.2) is 14.8 Å². The first-order valence-corrected chi connectivity index (χ1v) is 7.46. The lowest BCUT2D eigenvalue weighted by Gasteiger charge is -2.07. The van der Waals surface area contributed by atoms with Crippen molar-refractivity contribution in [3.63, 3.8) is 0 Å². The molecule has 0 saturated carbocycles. The van der Waals surface area contributed by atoms with Gasteiger partial charge in [-0.05, 0) is 37.3 Å². The fourth-order valence-electron chi connectivity index (χ4n) is 1.71. The molecule has 6 nitrogen and oxygen atoms in total. The van der Waals surface area contributed by atoms with Crippen LogP contribution in [0.3, 0.4) is 0 Å². The highest BCUT2D eigenvalue weighted by atomic mass is 35.5. The maximum Gasteiger partial charge on any atom is 0.338 e. The molecule has 0 aliphatic rings. The van der Waals surface area contributed by atoms with Crippen LogP contribution in [0.1, 0.15) is 17.3 Å². The van der Waals surface area contributed by atoms with E-state index in [0.717, 1.165) is 0 Å². The molecule has 0 fully saturated rings. The summed E-state index contributed by atoms with van der Waals surface area (Å²) in [4.78, 5) is 19.9. The number of benzene rings is 1. The van der Waals surface area contributed by atoms with Crippen LogP contribution in [0.2, 0.25) is 0 Å². The molecule has 0 atom stereocenters. The van der Waals surface area contributed by atoms with Gasteiger partial charge in [-0.15, -0.1) is 11.6 Å². The number of amidine groups is 1. The Morgan fingerprint density at radius 1 is 1.30 bits per heavy atom. The largest absolute Gasteiger partial charge is 0.462 e. The minimum atomic E-state index is -0.416. The van der Waals surface area contributed by atoms with Crippen molar-refractivity contribution >= 4 is 29.1 Å². The van der Waals surface area contributed by atoms with Crippen LogP contribution in [0, 0.1) is 0 Å². The molecule has 2 aromatic rings. The standard InChI is InChI=1S/C16H16ClN3O3/c1-2-22-16(21)11-7-8-19-15(9-11)23-13-5-3-12(4-6-13)20-14(18)10-17/h3-9H,2,10H2,1H3,(H2,18,20). The van der Waals surface area contributed by atoms with Gasteiger partial charge in [0.1, 0.15) is 11.6 Å². The summed E-state index contributed by atoms with van der Waals surface area (Å²) in [5.41, 5.74) is 6.62. The molecule has 0 saturated heterocycles. The second kappa shape index (κ2) is 8.14. The molecule has 1 aromatic carbocycles. The van der Waals surface area contributed by atoms with Crippen molar-refractivity contribution in [1.29, 1.82) is 0 Å². The number of rotatable bonds is 6. The Labute approximate surface area is 138 Å². The third-order valence-electron chi connectivity index (χ3n) is 2.71. The molecular formula is C16H16ClN3O3. The first-order valence-electron chi connectivity index (χ1n) is 6.92. The monoisotopic (exact) mass is 333 g/mol. The molecule has 0 unspecified atom stereocenters. The number of hydrogen-bond donors (Lipinski definition) is 1. The van der Waals surface area contributed by atoms with E-state index in [9.17, 15) is 4.79 Å². The Bertz CT molecular complexity index is 702. The van der Waals surface area contributed by atoms with Gasteiger partial charge in [0, 0.05) is 12.3 Å². The van der Waals surface area contributed by atoms with Gasteiger partial charge in [-0.2, -0.15) is 0 Å². The van der Waals surface area contributed by atoms with Gasteiger partial charge in [0.05, 0.1) is 23.7 Å². The highest BCUT2D eigenvalue weighted by Crippen LogP contribution is 2.23. The van der Waals surface area contributed by atoms with Gasteiger partial charge in [-0.1, -0.05) is 0 Å². The molecule has 1 aromatic heterocycles. The number of aliphatic imine (C=N–C) groups is 1. The number of pyridine rings is 1. The van der Waals surface area contributed by atoms with Crippen LogP contribution in [0.5, 0.6) is 11.6 Å². The summed E-state index contributed by atoms with van der Waals surface area (Å²) in [5.74, 6) is 0.946. The number of nitrogens with zero attached hydrogens (tertiary/aromatic N) is 2. The number of aromatic nitrogens is 1. The lowest BCUT2D eigenvalue weighted by Crippen LogP contribution is -2.12. The topological polar surface area (TPSA) is 86.8 Å². The van der Waals surface area contributed by atoms with Gasteiger partial charge in [0.25, 0.3) is 0 Å². The molecule has 0 spiro atoms. The lowest BCUT2D eigenvalue weighted by molar-refractivity contribution is 0.0526. The van der Waals surface area contributed by atoms with E-state index in [4.69, 9.17) is 26.8 Å². The van der Waals surface area contributed by atoms with Crippen molar-refractivity contribution in [3.05, 3.63) is 48.2 Å². The zero-order valence-electron chi connectivity index (χ0n) is 12.5. The normalized spacial score (nSPS) is 11.1. The molecule has 120 valence electrons. The van der Waals surface area contributed by atoms with Crippen molar-refractivity contribution < 1.29 is 14.3 Å². The van der Waals surface area contributed by atoms with E-state index in [-0.39, 0.29) is 5.88 Å². The molecule has 2 rings (SSSR count). The minimum Gasteiger partial charge on any atom is -0.462 e. The highest BCUT2D eigenvalue weighted by molar-refractivity contribution is 6.28. The molecular weight excluding hydrogens is 318 g/mol. The average Bonchev–Trinajstić information content (AvgIpc) is 2.57.